The van der Waals surface area contributed by atoms with Crippen LogP contribution in [0, 0.1) is 0 Å². The van der Waals surface area contributed by atoms with Crippen LogP contribution in [0.2, 0.25) is 0 Å². The van der Waals surface area contributed by atoms with Crippen molar-refractivity contribution in [1.29, 1.82) is 0 Å². The van der Waals surface area contributed by atoms with Crippen LogP contribution in [0.4, 0.5) is 0 Å². The number of rotatable bonds is 5. The zero-order valence-electron chi connectivity index (χ0n) is 9.38. The van der Waals surface area contributed by atoms with E-state index >= 15 is 0 Å². The Hall–Kier alpha value is -0.570. The van der Waals surface area contributed by atoms with Crippen LogP contribution >= 0.6 is 0 Å². The van der Waals surface area contributed by atoms with Crippen molar-refractivity contribution >= 4 is 5.91 Å². The second-order valence-electron chi connectivity index (χ2n) is 3.98. The molecule has 0 saturated carbocycles. The van der Waals surface area contributed by atoms with E-state index < -0.39 is 0 Å². The lowest BCUT2D eigenvalue weighted by molar-refractivity contribution is -0.131. The van der Waals surface area contributed by atoms with E-state index in [1.54, 1.807) is 0 Å². The summed E-state index contributed by atoms with van der Waals surface area (Å²) in [6, 6.07) is 0.538. The molecule has 3 heteroatoms. The van der Waals surface area contributed by atoms with Gasteiger partial charge in [-0.05, 0) is 32.7 Å². The van der Waals surface area contributed by atoms with Gasteiger partial charge in [0.05, 0.1) is 0 Å². The average Bonchev–Trinajstić information content (AvgIpc) is 2.66. The first-order valence-corrected chi connectivity index (χ1v) is 5.79. The molecule has 0 radical (unpaired) electrons. The minimum Gasteiger partial charge on any atom is -0.341 e. The summed E-state index contributed by atoms with van der Waals surface area (Å²) >= 11 is 0. The second-order valence-corrected chi connectivity index (χ2v) is 3.98. The van der Waals surface area contributed by atoms with Gasteiger partial charge in [0.2, 0.25) is 5.91 Å². The lowest BCUT2D eigenvalue weighted by atomic mass is 10.2. The van der Waals surface area contributed by atoms with Crippen LogP contribution in [0.3, 0.4) is 0 Å². The molecule has 0 bridgehead atoms. The predicted molar refractivity (Wildman–Crippen MR) is 58.2 cm³/mol. The quantitative estimate of drug-likeness (QED) is 0.724. The third-order valence-corrected chi connectivity index (χ3v) is 2.80. The number of likely N-dealkylation sites (N-methyl/N-ethyl adjacent to an activating group) is 1. The molecule has 1 N–H and O–H groups in total. The lowest BCUT2D eigenvalue weighted by Crippen LogP contribution is -2.40. The van der Waals surface area contributed by atoms with Gasteiger partial charge in [-0.1, -0.05) is 6.92 Å². The molecule has 0 aromatic heterocycles. The molecule has 82 valence electrons. The van der Waals surface area contributed by atoms with E-state index in [0.717, 1.165) is 26.1 Å². The number of amides is 1. The van der Waals surface area contributed by atoms with Gasteiger partial charge in [-0.2, -0.15) is 0 Å². The van der Waals surface area contributed by atoms with Gasteiger partial charge >= 0.3 is 0 Å². The fourth-order valence-electron chi connectivity index (χ4n) is 1.96. The normalized spacial score (nSPS) is 21.1. The van der Waals surface area contributed by atoms with Crippen molar-refractivity contribution in [2.24, 2.45) is 0 Å². The maximum Gasteiger partial charge on any atom is 0.222 e. The van der Waals surface area contributed by atoms with Crippen LogP contribution in [0.15, 0.2) is 0 Å². The summed E-state index contributed by atoms with van der Waals surface area (Å²) in [6.45, 7) is 6.97. The molecule has 1 fully saturated rings. The number of hydrogen-bond acceptors (Lipinski definition) is 2. The third-order valence-electron chi connectivity index (χ3n) is 2.80. The Morgan fingerprint density at radius 2 is 2.29 bits per heavy atom. The smallest absolute Gasteiger partial charge is 0.222 e. The highest BCUT2D eigenvalue weighted by atomic mass is 16.2. The summed E-state index contributed by atoms with van der Waals surface area (Å²) in [5.41, 5.74) is 0. The Morgan fingerprint density at radius 3 is 2.79 bits per heavy atom. The summed E-state index contributed by atoms with van der Waals surface area (Å²) in [5, 5.41) is 3.42. The molecule has 1 amide bonds. The first kappa shape index (κ1) is 11.5. The van der Waals surface area contributed by atoms with E-state index in [2.05, 4.69) is 19.2 Å². The fraction of sp³-hybridized carbons (Fsp3) is 0.909. The molecule has 1 rings (SSSR count). The van der Waals surface area contributed by atoms with Crippen LogP contribution in [-0.4, -0.2) is 36.5 Å². The van der Waals surface area contributed by atoms with E-state index in [0.29, 0.717) is 18.4 Å². The van der Waals surface area contributed by atoms with Crippen molar-refractivity contribution in [3.63, 3.8) is 0 Å². The topological polar surface area (TPSA) is 32.3 Å². The zero-order chi connectivity index (χ0) is 10.4. The van der Waals surface area contributed by atoms with E-state index in [-0.39, 0.29) is 0 Å². The molecule has 0 spiro atoms. The Labute approximate surface area is 86.9 Å². The van der Waals surface area contributed by atoms with Gasteiger partial charge in [0.25, 0.3) is 0 Å². The SMILES string of the molecule is CCCC(=O)N(CC)CC1CCCN1. The van der Waals surface area contributed by atoms with E-state index in [1.807, 2.05) is 4.90 Å². The van der Waals surface area contributed by atoms with Crippen molar-refractivity contribution in [2.45, 2.75) is 45.6 Å². The Kier molecular flexibility index (Phi) is 4.94. The van der Waals surface area contributed by atoms with Crippen molar-refractivity contribution in [2.75, 3.05) is 19.6 Å². The maximum atomic E-state index is 11.7. The molecular weight excluding hydrogens is 176 g/mol. The summed E-state index contributed by atoms with van der Waals surface area (Å²) in [5.74, 6) is 0.309. The van der Waals surface area contributed by atoms with Gasteiger partial charge in [-0.25, -0.2) is 0 Å². The molecule has 14 heavy (non-hydrogen) atoms. The Balaban J connectivity index is 2.33. The molecule has 1 heterocycles. The van der Waals surface area contributed by atoms with Gasteiger partial charge < -0.3 is 10.2 Å². The molecule has 0 aromatic carbocycles. The highest BCUT2D eigenvalue weighted by Gasteiger charge is 2.19. The summed E-state index contributed by atoms with van der Waals surface area (Å²) in [6.07, 6.45) is 4.12. The zero-order valence-corrected chi connectivity index (χ0v) is 9.38. The van der Waals surface area contributed by atoms with Crippen molar-refractivity contribution in [3.05, 3.63) is 0 Å². The fourth-order valence-corrected chi connectivity index (χ4v) is 1.96. The Bertz CT molecular complexity index is 176. The third kappa shape index (κ3) is 3.29. The first-order chi connectivity index (χ1) is 6.77. The minimum atomic E-state index is 0.309. The maximum absolute atomic E-state index is 11.7. The number of nitrogens with one attached hydrogen (secondary N) is 1. The van der Waals surface area contributed by atoms with E-state index in [4.69, 9.17) is 0 Å². The molecule has 1 saturated heterocycles. The van der Waals surface area contributed by atoms with Crippen LogP contribution in [0.25, 0.3) is 0 Å². The average molecular weight is 198 g/mol. The number of carbonyl (C=O) groups is 1. The van der Waals surface area contributed by atoms with Gasteiger partial charge in [0, 0.05) is 25.6 Å². The Morgan fingerprint density at radius 1 is 1.50 bits per heavy atom. The molecular formula is C11H22N2O. The lowest BCUT2D eigenvalue weighted by Gasteiger charge is -2.24. The predicted octanol–water partition coefficient (Wildman–Crippen LogP) is 1.39. The summed E-state index contributed by atoms with van der Waals surface area (Å²) in [4.78, 5) is 13.6. The van der Waals surface area contributed by atoms with Crippen LogP contribution in [0.1, 0.15) is 39.5 Å². The van der Waals surface area contributed by atoms with Crippen molar-refractivity contribution in [3.8, 4) is 0 Å². The van der Waals surface area contributed by atoms with Crippen LogP contribution < -0.4 is 5.32 Å². The number of carbonyl (C=O) groups excluding carboxylic acids is 1. The molecule has 1 aliphatic rings. The molecule has 3 nitrogen and oxygen atoms in total. The van der Waals surface area contributed by atoms with Gasteiger partial charge in [-0.15, -0.1) is 0 Å². The van der Waals surface area contributed by atoms with E-state index in [1.165, 1.54) is 12.8 Å². The first-order valence-electron chi connectivity index (χ1n) is 5.79. The van der Waals surface area contributed by atoms with Gasteiger partial charge in [-0.3, -0.25) is 4.79 Å². The highest BCUT2D eigenvalue weighted by Crippen LogP contribution is 2.08. The van der Waals surface area contributed by atoms with Gasteiger partial charge in [0.1, 0.15) is 0 Å². The molecule has 1 aliphatic heterocycles. The standard InChI is InChI=1S/C11H22N2O/c1-3-6-11(14)13(4-2)9-10-7-5-8-12-10/h10,12H,3-9H2,1-2H3. The molecule has 1 atom stereocenters. The van der Waals surface area contributed by atoms with Crippen molar-refractivity contribution < 1.29 is 4.79 Å². The monoisotopic (exact) mass is 198 g/mol. The van der Waals surface area contributed by atoms with Crippen LogP contribution in [0.5, 0.6) is 0 Å². The van der Waals surface area contributed by atoms with Crippen LogP contribution in [-0.2, 0) is 4.79 Å². The van der Waals surface area contributed by atoms with Gasteiger partial charge in [0.15, 0.2) is 0 Å². The molecule has 0 aromatic rings. The number of hydrogen-bond donors (Lipinski definition) is 1. The summed E-state index contributed by atoms with van der Waals surface area (Å²) in [7, 11) is 0. The van der Waals surface area contributed by atoms with Crippen molar-refractivity contribution in [1.82, 2.24) is 10.2 Å². The largest absolute Gasteiger partial charge is 0.341 e. The second kappa shape index (κ2) is 6.02. The highest BCUT2D eigenvalue weighted by molar-refractivity contribution is 5.76. The summed E-state index contributed by atoms with van der Waals surface area (Å²) < 4.78 is 0. The minimum absolute atomic E-state index is 0.309. The van der Waals surface area contributed by atoms with E-state index in [9.17, 15) is 4.79 Å². The molecule has 0 aliphatic carbocycles. The molecule has 1 unspecified atom stereocenters. The number of nitrogens with zero attached hydrogens (tertiary/aromatic N) is 1.